The van der Waals surface area contributed by atoms with Crippen LogP contribution in [0, 0.1) is 0 Å². The van der Waals surface area contributed by atoms with Gasteiger partial charge in [0.05, 0.1) is 30.7 Å². The highest BCUT2D eigenvalue weighted by atomic mass is 35.5. The van der Waals surface area contributed by atoms with E-state index in [1.807, 2.05) is 4.40 Å². The summed E-state index contributed by atoms with van der Waals surface area (Å²) < 4.78 is 1.82. The number of fused-ring (bicyclic) bond motifs is 1. The van der Waals surface area contributed by atoms with E-state index in [2.05, 4.69) is 10.3 Å². The molecule has 0 bridgehead atoms. The van der Waals surface area contributed by atoms with Crippen molar-refractivity contribution < 1.29 is 9.90 Å². The van der Waals surface area contributed by atoms with Gasteiger partial charge in [0.15, 0.2) is 0 Å². The Morgan fingerprint density at radius 2 is 2.09 bits per heavy atom. The van der Waals surface area contributed by atoms with Crippen molar-refractivity contribution in [2.45, 2.75) is 6.04 Å². The number of hydrogen-bond donors (Lipinski definition) is 2. The molecule has 2 heterocycles. The summed E-state index contributed by atoms with van der Waals surface area (Å²) in [6.45, 7) is -0.192. The third-order valence-corrected chi connectivity index (χ3v) is 3.69. The van der Waals surface area contributed by atoms with Gasteiger partial charge in [0.2, 0.25) is 0 Å². The zero-order valence-corrected chi connectivity index (χ0v) is 12.4. The van der Waals surface area contributed by atoms with Crippen molar-refractivity contribution in [3.63, 3.8) is 0 Å². The Kier molecular flexibility index (Phi) is 4.09. The smallest absolute Gasteiger partial charge is 0.251 e. The van der Waals surface area contributed by atoms with Gasteiger partial charge in [0, 0.05) is 16.8 Å². The van der Waals surface area contributed by atoms with E-state index in [9.17, 15) is 9.90 Å². The standard InChI is InChI=1S/C16H14ClN3O2/c17-13-3-1-11(2-4-13)15(9-21)19-16(22)12-5-6-20-10-18-8-14(20)7-12/h1-8,10,15,21H,9H2,(H,19,22). The lowest BCUT2D eigenvalue weighted by Crippen LogP contribution is -2.30. The number of hydrogen-bond acceptors (Lipinski definition) is 3. The molecule has 0 saturated heterocycles. The summed E-state index contributed by atoms with van der Waals surface area (Å²) >= 11 is 5.85. The lowest BCUT2D eigenvalue weighted by Gasteiger charge is -2.17. The molecule has 2 aromatic heterocycles. The average Bonchev–Trinajstić information content (AvgIpc) is 3.01. The minimum absolute atomic E-state index is 0.192. The Labute approximate surface area is 132 Å². The van der Waals surface area contributed by atoms with Gasteiger partial charge >= 0.3 is 0 Å². The molecular formula is C16H14ClN3O2. The van der Waals surface area contributed by atoms with E-state index in [1.54, 1.807) is 55.1 Å². The number of amides is 1. The average molecular weight is 316 g/mol. The number of aliphatic hydroxyl groups excluding tert-OH is 1. The molecule has 0 radical (unpaired) electrons. The maximum atomic E-state index is 12.3. The Bertz CT molecular complexity index is 799. The summed E-state index contributed by atoms with van der Waals surface area (Å²) in [4.78, 5) is 16.4. The fourth-order valence-corrected chi connectivity index (χ4v) is 2.36. The number of halogens is 1. The van der Waals surface area contributed by atoms with E-state index < -0.39 is 6.04 Å². The highest BCUT2D eigenvalue weighted by Gasteiger charge is 2.15. The van der Waals surface area contributed by atoms with Crippen LogP contribution < -0.4 is 5.32 Å². The van der Waals surface area contributed by atoms with E-state index in [4.69, 9.17) is 11.6 Å². The molecule has 2 N–H and O–H groups in total. The molecule has 5 nitrogen and oxygen atoms in total. The SMILES string of the molecule is O=C(NC(CO)c1ccc(Cl)cc1)c1ccn2cncc2c1. The lowest BCUT2D eigenvalue weighted by atomic mass is 10.1. The van der Waals surface area contributed by atoms with E-state index in [0.29, 0.717) is 10.6 Å². The molecule has 1 atom stereocenters. The number of carbonyl (C=O) groups excluding carboxylic acids is 1. The van der Waals surface area contributed by atoms with E-state index in [1.165, 1.54) is 0 Å². The second kappa shape index (κ2) is 6.17. The highest BCUT2D eigenvalue weighted by molar-refractivity contribution is 6.30. The molecule has 0 saturated carbocycles. The van der Waals surface area contributed by atoms with Gasteiger partial charge in [-0.1, -0.05) is 23.7 Å². The molecule has 1 aromatic carbocycles. The fraction of sp³-hybridized carbons (Fsp3) is 0.125. The van der Waals surface area contributed by atoms with Crippen molar-refractivity contribution in [1.82, 2.24) is 14.7 Å². The molecule has 22 heavy (non-hydrogen) atoms. The van der Waals surface area contributed by atoms with Gasteiger partial charge in [-0.05, 0) is 29.8 Å². The van der Waals surface area contributed by atoms with Crippen molar-refractivity contribution in [3.05, 3.63) is 71.3 Å². The molecule has 6 heteroatoms. The fourth-order valence-electron chi connectivity index (χ4n) is 2.23. The number of imidazole rings is 1. The number of rotatable bonds is 4. The first-order chi connectivity index (χ1) is 10.7. The molecule has 0 fully saturated rings. The Morgan fingerprint density at radius 3 is 2.82 bits per heavy atom. The maximum absolute atomic E-state index is 12.3. The Morgan fingerprint density at radius 1 is 1.32 bits per heavy atom. The molecule has 0 aliphatic carbocycles. The molecule has 0 spiro atoms. The summed E-state index contributed by atoms with van der Waals surface area (Å²) in [5.74, 6) is -0.252. The van der Waals surface area contributed by atoms with Crippen molar-refractivity contribution in [2.24, 2.45) is 0 Å². The van der Waals surface area contributed by atoms with E-state index >= 15 is 0 Å². The second-order valence-electron chi connectivity index (χ2n) is 4.90. The van der Waals surface area contributed by atoms with Crippen molar-refractivity contribution in [2.75, 3.05) is 6.61 Å². The molecule has 1 amide bonds. The zero-order chi connectivity index (χ0) is 15.5. The highest BCUT2D eigenvalue weighted by Crippen LogP contribution is 2.17. The van der Waals surface area contributed by atoms with Crippen LogP contribution in [0.5, 0.6) is 0 Å². The van der Waals surface area contributed by atoms with Crippen LogP contribution in [0.3, 0.4) is 0 Å². The molecule has 0 aliphatic rings. The van der Waals surface area contributed by atoms with Gasteiger partial charge in [-0.2, -0.15) is 0 Å². The van der Waals surface area contributed by atoms with Crippen LogP contribution in [0.4, 0.5) is 0 Å². The van der Waals surface area contributed by atoms with Crippen LogP contribution in [0.15, 0.2) is 55.1 Å². The monoisotopic (exact) mass is 315 g/mol. The number of nitrogens with zero attached hydrogens (tertiary/aromatic N) is 2. The Balaban J connectivity index is 1.80. The summed E-state index contributed by atoms with van der Waals surface area (Å²) in [5, 5.41) is 12.9. The number of carbonyl (C=O) groups is 1. The van der Waals surface area contributed by atoms with Gasteiger partial charge in [0.25, 0.3) is 5.91 Å². The first-order valence-electron chi connectivity index (χ1n) is 6.76. The quantitative estimate of drug-likeness (QED) is 0.777. The van der Waals surface area contributed by atoms with Crippen LogP contribution >= 0.6 is 11.6 Å². The molecule has 3 rings (SSSR count). The van der Waals surface area contributed by atoms with Crippen LogP contribution in [0.25, 0.3) is 5.52 Å². The summed E-state index contributed by atoms with van der Waals surface area (Å²) in [7, 11) is 0. The van der Waals surface area contributed by atoms with Crippen molar-refractivity contribution >= 4 is 23.0 Å². The first-order valence-corrected chi connectivity index (χ1v) is 7.14. The zero-order valence-electron chi connectivity index (χ0n) is 11.6. The second-order valence-corrected chi connectivity index (χ2v) is 5.34. The van der Waals surface area contributed by atoms with Crippen LogP contribution in [-0.2, 0) is 0 Å². The van der Waals surface area contributed by atoms with Gasteiger partial charge in [0.1, 0.15) is 0 Å². The largest absolute Gasteiger partial charge is 0.394 e. The molecular weight excluding hydrogens is 302 g/mol. The predicted octanol–water partition coefficient (Wildman–Crippen LogP) is 2.45. The van der Waals surface area contributed by atoms with Gasteiger partial charge < -0.3 is 14.8 Å². The minimum atomic E-state index is -0.481. The molecule has 3 aromatic rings. The number of nitrogens with one attached hydrogen (secondary N) is 1. The normalized spacial score (nSPS) is 12.3. The third kappa shape index (κ3) is 2.95. The topological polar surface area (TPSA) is 66.6 Å². The molecule has 0 aliphatic heterocycles. The summed E-state index contributed by atoms with van der Waals surface area (Å²) in [6, 6.07) is 9.99. The van der Waals surface area contributed by atoms with Crippen molar-refractivity contribution in [3.8, 4) is 0 Å². The minimum Gasteiger partial charge on any atom is -0.394 e. The van der Waals surface area contributed by atoms with Crippen LogP contribution in [0.2, 0.25) is 5.02 Å². The number of aliphatic hydroxyl groups is 1. The number of pyridine rings is 1. The third-order valence-electron chi connectivity index (χ3n) is 3.44. The molecule has 1 unspecified atom stereocenters. The van der Waals surface area contributed by atoms with Gasteiger partial charge in [-0.3, -0.25) is 4.79 Å². The summed E-state index contributed by atoms with van der Waals surface area (Å²) in [5.41, 5.74) is 2.14. The first kappa shape index (κ1) is 14.6. The van der Waals surface area contributed by atoms with E-state index in [0.717, 1.165) is 11.1 Å². The maximum Gasteiger partial charge on any atom is 0.251 e. The Hall–Kier alpha value is -2.37. The summed E-state index contributed by atoms with van der Waals surface area (Å²) in [6.07, 6.45) is 5.12. The number of benzene rings is 1. The molecule has 112 valence electrons. The van der Waals surface area contributed by atoms with Crippen LogP contribution in [0.1, 0.15) is 22.0 Å². The van der Waals surface area contributed by atoms with Crippen molar-refractivity contribution in [1.29, 1.82) is 0 Å². The van der Waals surface area contributed by atoms with Gasteiger partial charge in [-0.15, -0.1) is 0 Å². The van der Waals surface area contributed by atoms with Crippen LogP contribution in [-0.4, -0.2) is 27.0 Å². The van der Waals surface area contributed by atoms with Gasteiger partial charge in [-0.25, -0.2) is 4.98 Å². The lowest BCUT2D eigenvalue weighted by molar-refractivity contribution is 0.0916. The van der Waals surface area contributed by atoms with E-state index in [-0.39, 0.29) is 12.5 Å². The number of aromatic nitrogens is 2. The predicted molar refractivity (Wildman–Crippen MR) is 83.9 cm³/mol.